The van der Waals surface area contributed by atoms with E-state index in [1.54, 1.807) is 67.7 Å². The fourth-order valence-electron chi connectivity index (χ4n) is 3.21. The Kier molecular flexibility index (Phi) is 6.18. The summed E-state index contributed by atoms with van der Waals surface area (Å²) in [6.07, 6.45) is 0. The first-order valence-electron chi connectivity index (χ1n) is 9.48. The molecule has 4 rings (SSSR count). The van der Waals surface area contributed by atoms with E-state index in [4.69, 9.17) is 0 Å². The van der Waals surface area contributed by atoms with Crippen LogP contribution in [0.3, 0.4) is 0 Å². The molecule has 1 aromatic heterocycles. The standard InChI is InChI=1S/C22H18BrN3O4S2/c1-25-19-11-10-16(13-20(19)31-22(25)28)24-21(27)14-26(17-7-5-6-15(23)12-17)32(29,30)18-8-3-2-4-9-18/h2-13H,14H2,1H3,(H,24,27). The lowest BCUT2D eigenvalue weighted by Gasteiger charge is -2.24. The number of amides is 1. The molecular formula is C22H18BrN3O4S2. The fourth-order valence-corrected chi connectivity index (χ4v) is 5.95. The minimum atomic E-state index is -3.99. The summed E-state index contributed by atoms with van der Waals surface area (Å²) in [6.45, 7) is -0.420. The van der Waals surface area contributed by atoms with Crippen LogP contribution in [0.15, 0.2) is 87.0 Å². The Hall–Kier alpha value is -2.95. The minimum Gasteiger partial charge on any atom is -0.324 e. The van der Waals surface area contributed by atoms with Crippen molar-refractivity contribution in [3.05, 3.63) is 86.9 Å². The molecular weight excluding hydrogens is 514 g/mol. The van der Waals surface area contributed by atoms with Crippen LogP contribution in [0.2, 0.25) is 0 Å². The molecule has 0 fully saturated rings. The van der Waals surface area contributed by atoms with Crippen molar-refractivity contribution in [2.24, 2.45) is 7.05 Å². The lowest BCUT2D eigenvalue weighted by molar-refractivity contribution is -0.114. The van der Waals surface area contributed by atoms with Crippen LogP contribution < -0.4 is 14.5 Å². The molecule has 0 atom stereocenters. The Morgan fingerprint density at radius 3 is 2.53 bits per heavy atom. The minimum absolute atomic E-state index is 0.0863. The number of halogens is 1. The number of carbonyl (C=O) groups is 1. The Bertz CT molecular complexity index is 1460. The van der Waals surface area contributed by atoms with Crippen molar-refractivity contribution in [1.29, 1.82) is 0 Å². The molecule has 1 amide bonds. The van der Waals surface area contributed by atoms with Gasteiger partial charge in [0.15, 0.2) is 0 Å². The van der Waals surface area contributed by atoms with E-state index in [0.717, 1.165) is 25.9 Å². The van der Waals surface area contributed by atoms with Gasteiger partial charge in [-0.25, -0.2) is 8.42 Å². The highest BCUT2D eigenvalue weighted by Gasteiger charge is 2.27. The van der Waals surface area contributed by atoms with E-state index >= 15 is 0 Å². The van der Waals surface area contributed by atoms with E-state index in [-0.39, 0.29) is 9.77 Å². The normalized spacial score (nSPS) is 11.4. The third-order valence-corrected chi connectivity index (χ3v) is 8.07. The first-order chi connectivity index (χ1) is 15.3. The molecule has 0 spiro atoms. The van der Waals surface area contributed by atoms with Gasteiger partial charge in [-0.15, -0.1) is 0 Å². The number of hydrogen-bond acceptors (Lipinski definition) is 5. The van der Waals surface area contributed by atoms with E-state index in [0.29, 0.717) is 15.8 Å². The molecule has 0 bridgehead atoms. The van der Waals surface area contributed by atoms with E-state index in [9.17, 15) is 18.0 Å². The Labute approximate surface area is 197 Å². The highest BCUT2D eigenvalue weighted by molar-refractivity contribution is 9.10. The number of anilines is 2. The maximum Gasteiger partial charge on any atom is 0.307 e. The molecule has 0 aliphatic carbocycles. The quantitative estimate of drug-likeness (QED) is 0.403. The van der Waals surface area contributed by atoms with Crippen LogP contribution >= 0.6 is 27.3 Å². The van der Waals surface area contributed by atoms with Gasteiger partial charge in [0.05, 0.1) is 20.8 Å². The molecule has 4 aromatic rings. The highest BCUT2D eigenvalue weighted by Crippen LogP contribution is 2.27. The molecule has 0 aliphatic rings. The third kappa shape index (κ3) is 4.47. The second kappa shape index (κ2) is 8.89. The van der Waals surface area contributed by atoms with Crippen molar-refractivity contribution in [3.8, 4) is 0 Å². The second-order valence-corrected chi connectivity index (χ2v) is 10.7. The van der Waals surface area contributed by atoms with Crippen molar-refractivity contribution in [1.82, 2.24) is 4.57 Å². The summed E-state index contributed by atoms with van der Waals surface area (Å²) in [7, 11) is -2.30. The highest BCUT2D eigenvalue weighted by atomic mass is 79.9. The van der Waals surface area contributed by atoms with Gasteiger partial charge in [0.2, 0.25) is 5.91 Å². The molecule has 0 aliphatic heterocycles. The summed E-state index contributed by atoms with van der Waals surface area (Å²) in [6, 6.07) is 19.8. The predicted octanol–water partition coefficient (Wildman–Crippen LogP) is 4.20. The molecule has 1 heterocycles. The van der Waals surface area contributed by atoms with Crippen LogP contribution in [0, 0.1) is 0 Å². The molecule has 164 valence electrons. The smallest absolute Gasteiger partial charge is 0.307 e. The van der Waals surface area contributed by atoms with Gasteiger partial charge in [-0.1, -0.05) is 51.5 Å². The number of nitrogens with one attached hydrogen (secondary N) is 1. The van der Waals surface area contributed by atoms with Crippen molar-refractivity contribution in [3.63, 3.8) is 0 Å². The van der Waals surface area contributed by atoms with Crippen LogP contribution in [0.5, 0.6) is 0 Å². The van der Waals surface area contributed by atoms with Gasteiger partial charge >= 0.3 is 4.87 Å². The molecule has 0 unspecified atom stereocenters. The number of rotatable bonds is 6. The molecule has 1 N–H and O–H groups in total. The molecule has 0 radical (unpaired) electrons. The average Bonchev–Trinajstić information content (AvgIpc) is 3.05. The topological polar surface area (TPSA) is 88.5 Å². The summed E-state index contributed by atoms with van der Waals surface area (Å²) in [4.78, 5) is 24.7. The van der Waals surface area contributed by atoms with Crippen LogP contribution in [0.1, 0.15) is 0 Å². The fraction of sp³-hybridized carbons (Fsp3) is 0.0909. The van der Waals surface area contributed by atoms with Gasteiger partial charge in [-0.05, 0) is 48.5 Å². The maximum atomic E-state index is 13.3. The SMILES string of the molecule is Cn1c(=O)sc2cc(NC(=O)CN(c3cccc(Br)c3)S(=O)(=O)c3ccccc3)ccc21. The summed E-state index contributed by atoms with van der Waals surface area (Å²) in [5.74, 6) is -0.507. The van der Waals surface area contributed by atoms with E-state index in [1.807, 2.05) is 0 Å². The zero-order valence-electron chi connectivity index (χ0n) is 16.9. The molecule has 10 heteroatoms. The van der Waals surface area contributed by atoms with Crippen molar-refractivity contribution in [2.75, 3.05) is 16.2 Å². The van der Waals surface area contributed by atoms with E-state index in [1.165, 1.54) is 16.7 Å². The second-order valence-electron chi connectivity index (χ2n) is 6.96. The van der Waals surface area contributed by atoms with E-state index < -0.39 is 22.5 Å². The molecule has 7 nitrogen and oxygen atoms in total. The third-order valence-electron chi connectivity index (χ3n) is 4.79. The number of fused-ring (bicyclic) bond motifs is 1. The lowest BCUT2D eigenvalue weighted by Crippen LogP contribution is -2.38. The van der Waals surface area contributed by atoms with Crippen LogP contribution in [0.25, 0.3) is 10.2 Å². The summed E-state index contributed by atoms with van der Waals surface area (Å²) < 4.78 is 30.7. The average molecular weight is 532 g/mol. The number of sulfonamides is 1. The number of nitrogens with zero attached hydrogens (tertiary/aromatic N) is 2. The molecule has 0 saturated carbocycles. The number of carbonyl (C=O) groups excluding carboxylic acids is 1. The van der Waals surface area contributed by atoms with Gasteiger partial charge in [-0.2, -0.15) is 0 Å². The molecule has 32 heavy (non-hydrogen) atoms. The van der Waals surface area contributed by atoms with E-state index in [2.05, 4.69) is 21.2 Å². The zero-order valence-corrected chi connectivity index (χ0v) is 20.1. The lowest BCUT2D eigenvalue weighted by atomic mass is 10.3. The first kappa shape index (κ1) is 22.3. The predicted molar refractivity (Wildman–Crippen MR) is 131 cm³/mol. The molecule has 0 saturated heterocycles. The van der Waals surface area contributed by atoms with Gasteiger partial charge in [0, 0.05) is 17.2 Å². The maximum absolute atomic E-state index is 13.3. The molecule has 3 aromatic carbocycles. The first-order valence-corrected chi connectivity index (χ1v) is 12.5. The number of benzene rings is 3. The summed E-state index contributed by atoms with van der Waals surface area (Å²) >= 11 is 4.43. The van der Waals surface area contributed by atoms with Crippen molar-refractivity contribution >= 4 is 64.8 Å². The van der Waals surface area contributed by atoms with Crippen molar-refractivity contribution < 1.29 is 13.2 Å². The van der Waals surface area contributed by atoms with Gasteiger partial charge in [0.25, 0.3) is 10.0 Å². The summed E-state index contributed by atoms with van der Waals surface area (Å²) in [5, 5.41) is 2.74. The van der Waals surface area contributed by atoms with Gasteiger partial charge in [-0.3, -0.25) is 13.9 Å². The Balaban J connectivity index is 1.65. The Morgan fingerprint density at radius 1 is 1.06 bits per heavy atom. The Morgan fingerprint density at radius 2 is 1.81 bits per heavy atom. The number of hydrogen-bond donors (Lipinski definition) is 1. The zero-order chi connectivity index (χ0) is 22.9. The van der Waals surface area contributed by atoms with Gasteiger partial charge in [0.1, 0.15) is 6.54 Å². The van der Waals surface area contributed by atoms with Crippen molar-refractivity contribution in [2.45, 2.75) is 4.90 Å². The summed E-state index contributed by atoms with van der Waals surface area (Å²) in [5.41, 5.74) is 1.60. The monoisotopic (exact) mass is 531 g/mol. The largest absolute Gasteiger partial charge is 0.324 e. The van der Waals surface area contributed by atoms with Crippen LogP contribution in [0.4, 0.5) is 11.4 Å². The number of aromatic nitrogens is 1. The number of aryl methyl sites for hydroxylation is 1. The van der Waals surface area contributed by atoms with Gasteiger partial charge < -0.3 is 9.88 Å². The van der Waals surface area contributed by atoms with Crippen LogP contribution in [-0.2, 0) is 21.9 Å². The van der Waals surface area contributed by atoms with Crippen LogP contribution in [-0.4, -0.2) is 25.4 Å². The number of thiazole rings is 1.